The minimum atomic E-state index is -0.909. The third kappa shape index (κ3) is 2.59. The summed E-state index contributed by atoms with van der Waals surface area (Å²) in [6, 6.07) is 9.88. The molecular weight excluding hydrogens is 336 g/mol. The first-order valence-corrected chi connectivity index (χ1v) is 7.85. The maximum atomic E-state index is 12.8. The number of hydrogen-bond donors (Lipinski definition) is 2. The van der Waals surface area contributed by atoms with Crippen LogP contribution in [-0.2, 0) is 25.3 Å². The summed E-state index contributed by atoms with van der Waals surface area (Å²) in [7, 11) is 2.68. The van der Waals surface area contributed by atoms with Crippen molar-refractivity contribution in [2.45, 2.75) is 12.5 Å². The Labute approximate surface area is 148 Å². The lowest BCUT2D eigenvalue weighted by Crippen LogP contribution is -2.41. The largest absolute Gasteiger partial charge is 0.505 e. The Hall–Kier alpha value is -3.60. The Morgan fingerprint density at radius 1 is 1.15 bits per heavy atom. The predicted molar refractivity (Wildman–Crippen MR) is 94.6 cm³/mol. The number of ketones is 1. The molecule has 8 nitrogen and oxygen atoms in total. The first-order valence-electron chi connectivity index (χ1n) is 7.85. The summed E-state index contributed by atoms with van der Waals surface area (Å²) in [5.41, 5.74) is -1.34. The summed E-state index contributed by atoms with van der Waals surface area (Å²) in [4.78, 5) is 37.4. The van der Waals surface area contributed by atoms with Crippen LogP contribution in [-0.4, -0.2) is 26.1 Å². The van der Waals surface area contributed by atoms with E-state index in [1.165, 1.54) is 14.1 Å². The third-order valence-corrected chi connectivity index (χ3v) is 4.41. The van der Waals surface area contributed by atoms with Crippen molar-refractivity contribution in [3.8, 4) is 6.07 Å². The molecule has 2 N–H and O–H groups in total. The molecular formula is C18H16N4O4. The number of hydrogen-bond acceptors (Lipinski definition) is 6. The SMILES string of the molecule is Cn1c2c(c(=O)n(C)c1=O)C(O)=C(C#N)C(=O)[C@H](Cc1ccccc1)N2. The van der Waals surface area contributed by atoms with Crippen molar-refractivity contribution in [1.82, 2.24) is 9.13 Å². The normalized spacial score (nSPS) is 16.5. The number of Topliss-reactive ketones (excluding diaryl/α,β-unsaturated/α-hetero) is 1. The van der Waals surface area contributed by atoms with Gasteiger partial charge < -0.3 is 10.4 Å². The average molecular weight is 352 g/mol. The topological polar surface area (TPSA) is 117 Å². The number of anilines is 1. The fraction of sp³-hybridized carbons (Fsp3) is 0.222. The summed E-state index contributed by atoms with van der Waals surface area (Å²) in [5, 5.41) is 22.7. The Balaban J connectivity index is 2.25. The van der Waals surface area contributed by atoms with Crippen molar-refractivity contribution in [1.29, 1.82) is 5.26 Å². The highest BCUT2D eigenvalue weighted by Gasteiger charge is 2.34. The summed E-state index contributed by atoms with van der Waals surface area (Å²) in [6.07, 6.45) is 0.223. The number of aromatic nitrogens is 2. The van der Waals surface area contributed by atoms with Gasteiger partial charge in [-0.2, -0.15) is 5.26 Å². The molecule has 0 saturated carbocycles. The van der Waals surface area contributed by atoms with Gasteiger partial charge in [0.05, 0.1) is 6.04 Å². The summed E-state index contributed by atoms with van der Waals surface area (Å²) < 4.78 is 1.95. The van der Waals surface area contributed by atoms with E-state index in [-0.39, 0.29) is 17.8 Å². The van der Waals surface area contributed by atoms with E-state index in [0.717, 1.165) is 14.7 Å². The minimum absolute atomic E-state index is 0.00938. The van der Waals surface area contributed by atoms with E-state index < -0.39 is 34.4 Å². The molecule has 3 rings (SSSR count). The van der Waals surface area contributed by atoms with Crippen LogP contribution >= 0.6 is 0 Å². The summed E-state index contributed by atoms with van der Waals surface area (Å²) in [5.74, 6) is -1.35. The predicted octanol–water partition coefficient (Wildman–Crippen LogP) is 0.483. The monoisotopic (exact) mass is 352 g/mol. The van der Waals surface area contributed by atoms with Gasteiger partial charge >= 0.3 is 5.69 Å². The molecule has 1 aromatic heterocycles. The molecule has 1 atom stereocenters. The van der Waals surface area contributed by atoms with Crippen LogP contribution in [0.25, 0.3) is 5.76 Å². The van der Waals surface area contributed by atoms with Gasteiger partial charge in [0.15, 0.2) is 11.5 Å². The van der Waals surface area contributed by atoms with Crippen molar-refractivity contribution >= 4 is 17.4 Å². The second-order valence-corrected chi connectivity index (χ2v) is 6.02. The number of nitriles is 1. The van der Waals surface area contributed by atoms with Crippen LogP contribution in [0.3, 0.4) is 0 Å². The zero-order chi connectivity index (χ0) is 19.0. The number of carbonyl (C=O) groups is 1. The molecule has 26 heavy (non-hydrogen) atoms. The Bertz CT molecular complexity index is 1090. The number of aliphatic hydroxyl groups is 1. The molecule has 132 valence electrons. The van der Waals surface area contributed by atoms with E-state index >= 15 is 0 Å². The molecule has 2 heterocycles. The molecule has 1 aromatic carbocycles. The van der Waals surface area contributed by atoms with Gasteiger partial charge in [0, 0.05) is 20.5 Å². The van der Waals surface area contributed by atoms with Crippen molar-refractivity contribution in [3.63, 3.8) is 0 Å². The van der Waals surface area contributed by atoms with Gasteiger partial charge in [-0.3, -0.25) is 18.7 Å². The lowest BCUT2D eigenvalue weighted by molar-refractivity contribution is -0.115. The Kier molecular flexibility index (Phi) is 4.22. The zero-order valence-corrected chi connectivity index (χ0v) is 14.2. The van der Waals surface area contributed by atoms with Gasteiger partial charge in [0.25, 0.3) is 5.56 Å². The number of aliphatic hydroxyl groups excluding tert-OH is 1. The molecule has 0 amide bonds. The molecule has 1 aliphatic heterocycles. The number of nitrogens with one attached hydrogen (secondary N) is 1. The fourth-order valence-corrected chi connectivity index (χ4v) is 2.97. The lowest BCUT2D eigenvalue weighted by atomic mass is 9.98. The van der Waals surface area contributed by atoms with E-state index in [4.69, 9.17) is 0 Å². The van der Waals surface area contributed by atoms with Crippen molar-refractivity contribution in [2.24, 2.45) is 14.1 Å². The number of rotatable bonds is 2. The van der Waals surface area contributed by atoms with Crippen molar-refractivity contribution in [3.05, 3.63) is 67.9 Å². The number of fused-ring (bicyclic) bond motifs is 1. The lowest BCUT2D eigenvalue weighted by Gasteiger charge is -2.19. The van der Waals surface area contributed by atoms with Crippen LogP contribution in [0.1, 0.15) is 11.1 Å². The van der Waals surface area contributed by atoms with Gasteiger partial charge in [-0.25, -0.2) is 4.79 Å². The van der Waals surface area contributed by atoms with Crippen LogP contribution in [0.2, 0.25) is 0 Å². The highest BCUT2D eigenvalue weighted by molar-refractivity contribution is 6.11. The maximum absolute atomic E-state index is 12.8. The quantitative estimate of drug-likeness (QED) is 0.812. The van der Waals surface area contributed by atoms with Crippen LogP contribution in [0.5, 0.6) is 0 Å². The molecule has 0 unspecified atom stereocenters. The van der Waals surface area contributed by atoms with E-state index in [1.807, 2.05) is 30.3 Å². The second kappa shape index (κ2) is 6.37. The van der Waals surface area contributed by atoms with E-state index in [0.29, 0.717) is 0 Å². The van der Waals surface area contributed by atoms with Crippen LogP contribution in [0.4, 0.5) is 5.82 Å². The Morgan fingerprint density at radius 2 is 1.81 bits per heavy atom. The standard InChI is InChI=1S/C18H16N4O4/c1-21-16-13(17(25)22(2)18(21)26)15(24)11(9-19)14(23)12(20-16)8-10-6-4-3-5-7-10/h3-7,12,20,24H,8H2,1-2H3/t12-/m0/s1. The van der Waals surface area contributed by atoms with Crippen LogP contribution < -0.4 is 16.6 Å². The van der Waals surface area contributed by atoms with Crippen LogP contribution in [0.15, 0.2) is 45.5 Å². The number of nitrogens with zero attached hydrogens (tertiary/aromatic N) is 3. The molecule has 2 aromatic rings. The molecule has 1 aliphatic rings. The summed E-state index contributed by atoms with van der Waals surface area (Å²) >= 11 is 0. The summed E-state index contributed by atoms with van der Waals surface area (Å²) in [6.45, 7) is 0. The Morgan fingerprint density at radius 3 is 2.42 bits per heavy atom. The van der Waals surface area contributed by atoms with E-state index in [1.54, 1.807) is 6.07 Å². The molecule has 0 bridgehead atoms. The van der Waals surface area contributed by atoms with E-state index in [2.05, 4.69) is 5.32 Å². The van der Waals surface area contributed by atoms with Crippen molar-refractivity contribution in [2.75, 3.05) is 5.32 Å². The fourth-order valence-electron chi connectivity index (χ4n) is 2.97. The van der Waals surface area contributed by atoms with Gasteiger partial charge in [0.1, 0.15) is 23.0 Å². The molecule has 0 radical (unpaired) electrons. The highest BCUT2D eigenvalue weighted by atomic mass is 16.3. The smallest absolute Gasteiger partial charge is 0.332 e. The van der Waals surface area contributed by atoms with E-state index in [9.17, 15) is 24.8 Å². The first-order chi connectivity index (χ1) is 12.4. The molecule has 8 heteroatoms. The van der Waals surface area contributed by atoms with Gasteiger partial charge in [0.2, 0.25) is 0 Å². The minimum Gasteiger partial charge on any atom is -0.505 e. The van der Waals surface area contributed by atoms with Crippen molar-refractivity contribution < 1.29 is 9.90 Å². The van der Waals surface area contributed by atoms with Crippen LogP contribution in [0, 0.1) is 11.3 Å². The number of benzene rings is 1. The van der Waals surface area contributed by atoms with Gasteiger partial charge in [-0.1, -0.05) is 30.3 Å². The first kappa shape index (κ1) is 17.2. The number of carbonyl (C=O) groups excluding carboxylic acids is 1. The molecule has 0 spiro atoms. The zero-order valence-electron chi connectivity index (χ0n) is 14.2. The molecule has 0 fully saturated rings. The highest BCUT2D eigenvalue weighted by Crippen LogP contribution is 2.27. The second-order valence-electron chi connectivity index (χ2n) is 6.02. The van der Waals surface area contributed by atoms with Gasteiger partial charge in [-0.15, -0.1) is 0 Å². The molecule has 0 aliphatic carbocycles. The third-order valence-electron chi connectivity index (χ3n) is 4.41. The average Bonchev–Trinajstić information content (AvgIpc) is 2.74. The maximum Gasteiger partial charge on any atom is 0.332 e. The van der Waals surface area contributed by atoms with Gasteiger partial charge in [-0.05, 0) is 5.56 Å². The molecule has 0 saturated heterocycles.